The van der Waals surface area contributed by atoms with Crippen LogP contribution in [0.2, 0.25) is 0 Å². The summed E-state index contributed by atoms with van der Waals surface area (Å²) in [5.74, 6) is 4.29. The van der Waals surface area contributed by atoms with E-state index < -0.39 is 5.97 Å². The molecule has 0 bridgehead atoms. The van der Waals surface area contributed by atoms with Crippen molar-refractivity contribution in [3.05, 3.63) is 23.5 Å². The van der Waals surface area contributed by atoms with Gasteiger partial charge in [-0.3, -0.25) is 4.79 Å². The second kappa shape index (κ2) is 4.87. The van der Waals surface area contributed by atoms with Gasteiger partial charge in [-0.1, -0.05) is 5.92 Å². The van der Waals surface area contributed by atoms with Gasteiger partial charge in [-0.25, -0.2) is 4.79 Å². The van der Waals surface area contributed by atoms with Gasteiger partial charge < -0.3 is 9.72 Å². The zero-order valence-electron chi connectivity index (χ0n) is 7.66. The lowest BCUT2D eigenvalue weighted by Crippen LogP contribution is -1.99. The molecule has 72 valence electrons. The molecule has 14 heavy (non-hydrogen) atoms. The van der Waals surface area contributed by atoms with E-state index in [0.717, 1.165) is 0 Å². The topological polar surface area (TPSA) is 59.2 Å². The van der Waals surface area contributed by atoms with Gasteiger partial charge in [0, 0.05) is 17.7 Å². The highest BCUT2D eigenvalue weighted by Gasteiger charge is 1.95. The van der Waals surface area contributed by atoms with E-state index in [-0.39, 0.29) is 0 Å². The van der Waals surface area contributed by atoms with Crippen molar-refractivity contribution < 1.29 is 14.3 Å². The van der Waals surface area contributed by atoms with Gasteiger partial charge in [-0.05, 0) is 13.0 Å². The van der Waals surface area contributed by atoms with Crippen molar-refractivity contribution >= 4 is 12.3 Å². The third-order valence-electron chi connectivity index (χ3n) is 1.42. The Kier molecular flexibility index (Phi) is 3.50. The molecule has 0 radical (unpaired) electrons. The van der Waals surface area contributed by atoms with Gasteiger partial charge in [0.05, 0.1) is 12.3 Å². The zero-order chi connectivity index (χ0) is 10.4. The SMILES string of the molecule is CCOC(=O)C#Cc1c[nH]c(C=O)c1. The van der Waals surface area contributed by atoms with E-state index in [1.165, 1.54) is 0 Å². The monoisotopic (exact) mass is 191 g/mol. The predicted octanol–water partition coefficient (Wildman–Crippen LogP) is 0.742. The fraction of sp³-hybridized carbons (Fsp3) is 0.200. The number of hydrogen-bond donors (Lipinski definition) is 1. The lowest BCUT2D eigenvalue weighted by Gasteiger charge is -1.89. The molecular weight excluding hydrogens is 182 g/mol. The Hall–Kier alpha value is -2.02. The highest BCUT2D eigenvalue weighted by atomic mass is 16.5. The number of aromatic nitrogens is 1. The molecule has 0 fully saturated rings. The van der Waals surface area contributed by atoms with Crippen LogP contribution in [0.4, 0.5) is 0 Å². The first-order chi connectivity index (χ1) is 6.76. The minimum atomic E-state index is -0.568. The Morgan fingerprint density at radius 3 is 3.07 bits per heavy atom. The molecule has 0 unspecified atom stereocenters. The molecule has 1 rings (SSSR count). The van der Waals surface area contributed by atoms with Crippen LogP contribution >= 0.6 is 0 Å². The summed E-state index contributed by atoms with van der Waals surface area (Å²) in [5.41, 5.74) is 1.01. The second-order valence-electron chi connectivity index (χ2n) is 2.43. The normalized spacial score (nSPS) is 8.64. The van der Waals surface area contributed by atoms with E-state index in [1.54, 1.807) is 19.2 Å². The van der Waals surface area contributed by atoms with Gasteiger partial charge in [0.15, 0.2) is 6.29 Å². The Morgan fingerprint density at radius 2 is 2.50 bits per heavy atom. The van der Waals surface area contributed by atoms with Crippen LogP contribution in [0.5, 0.6) is 0 Å². The van der Waals surface area contributed by atoms with Crippen LogP contribution in [0, 0.1) is 11.8 Å². The van der Waals surface area contributed by atoms with Gasteiger partial charge in [0.25, 0.3) is 0 Å². The molecule has 0 aromatic carbocycles. The third-order valence-corrected chi connectivity index (χ3v) is 1.42. The Bertz CT molecular complexity index is 395. The minimum Gasteiger partial charge on any atom is -0.456 e. The average molecular weight is 191 g/mol. The fourth-order valence-electron chi connectivity index (χ4n) is 0.843. The third kappa shape index (κ3) is 2.79. The predicted molar refractivity (Wildman–Crippen MR) is 49.7 cm³/mol. The van der Waals surface area contributed by atoms with Crippen LogP contribution in [0.15, 0.2) is 12.3 Å². The molecule has 1 heterocycles. The molecule has 0 aliphatic carbocycles. The molecule has 0 aliphatic rings. The van der Waals surface area contributed by atoms with Crippen molar-refractivity contribution in [2.75, 3.05) is 6.61 Å². The van der Waals surface area contributed by atoms with Crippen LogP contribution in [0.3, 0.4) is 0 Å². The van der Waals surface area contributed by atoms with E-state index in [2.05, 4.69) is 21.6 Å². The molecule has 1 aromatic rings. The number of nitrogens with one attached hydrogen (secondary N) is 1. The summed E-state index contributed by atoms with van der Waals surface area (Å²) >= 11 is 0. The quantitative estimate of drug-likeness (QED) is 0.426. The van der Waals surface area contributed by atoms with E-state index in [9.17, 15) is 9.59 Å². The summed E-state index contributed by atoms with van der Waals surface area (Å²) in [6.07, 6.45) is 2.23. The maximum absolute atomic E-state index is 10.8. The first-order valence-electron chi connectivity index (χ1n) is 4.08. The van der Waals surface area contributed by atoms with Gasteiger partial charge in [-0.2, -0.15) is 0 Å². The van der Waals surface area contributed by atoms with Crippen molar-refractivity contribution in [3.8, 4) is 11.8 Å². The van der Waals surface area contributed by atoms with Crippen molar-refractivity contribution in [2.24, 2.45) is 0 Å². The number of ether oxygens (including phenoxy) is 1. The summed E-state index contributed by atoms with van der Waals surface area (Å²) in [6.45, 7) is 2.01. The number of hydrogen-bond acceptors (Lipinski definition) is 3. The Balaban J connectivity index is 2.67. The van der Waals surface area contributed by atoms with Crippen molar-refractivity contribution in [1.82, 2.24) is 4.98 Å². The highest BCUT2D eigenvalue weighted by molar-refractivity contribution is 5.89. The van der Waals surface area contributed by atoms with E-state index >= 15 is 0 Å². The first kappa shape index (κ1) is 10.1. The van der Waals surface area contributed by atoms with Crippen molar-refractivity contribution in [3.63, 3.8) is 0 Å². The van der Waals surface area contributed by atoms with Crippen molar-refractivity contribution in [1.29, 1.82) is 0 Å². The fourth-order valence-corrected chi connectivity index (χ4v) is 0.843. The first-order valence-corrected chi connectivity index (χ1v) is 4.08. The largest absolute Gasteiger partial charge is 0.456 e. The van der Waals surface area contributed by atoms with Crippen LogP contribution in [0.1, 0.15) is 23.0 Å². The van der Waals surface area contributed by atoms with E-state index in [4.69, 9.17) is 0 Å². The highest BCUT2D eigenvalue weighted by Crippen LogP contribution is 1.98. The minimum absolute atomic E-state index is 0.306. The number of aldehydes is 1. The van der Waals surface area contributed by atoms with Crippen molar-refractivity contribution in [2.45, 2.75) is 6.92 Å². The van der Waals surface area contributed by atoms with Gasteiger partial charge in [0.2, 0.25) is 0 Å². The molecular formula is C10H9NO3. The van der Waals surface area contributed by atoms with E-state index in [1.807, 2.05) is 0 Å². The molecule has 1 aromatic heterocycles. The summed E-state index contributed by atoms with van der Waals surface area (Å²) in [7, 11) is 0. The Morgan fingerprint density at radius 1 is 1.71 bits per heavy atom. The molecule has 1 N–H and O–H groups in total. The molecule has 4 heteroatoms. The van der Waals surface area contributed by atoms with Crippen LogP contribution in [-0.4, -0.2) is 23.8 Å². The smallest absolute Gasteiger partial charge is 0.384 e. The molecule has 0 saturated carbocycles. The molecule has 0 aliphatic heterocycles. The maximum Gasteiger partial charge on any atom is 0.384 e. The molecule has 0 spiro atoms. The molecule has 0 saturated heterocycles. The lowest BCUT2D eigenvalue weighted by atomic mass is 10.3. The van der Waals surface area contributed by atoms with Gasteiger partial charge >= 0.3 is 5.97 Å². The zero-order valence-corrected chi connectivity index (χ0v) is 7.66. The van der Waals surface area contributed by atoms with Crippen LogP contribution < -0.4 is 0 Å². The standard InChI is InChI=1S/C10H9NO3/c1-2-14-10(13)4-3-8-5-9(7-12)11-6-8/h5-7,11H,2H2,1H3. The molecule has 4 nitrogen and oxygen atoms in total. The Labute approximate surface area is 81.3 Å². The summed E-state index contributed by atoms with van der Waals surface area (Å²) in [6, 6.07) is 1.55. The second-order valence-corrected chi connectivity index (χ2v) is 2.43. The number of carbonyl (C=O) groups is 2. The summed E-state index contributed by atoms with van der Waals surface area (Å²) in [5, 5.41) is 0. The summed E-state index contributed by atoms with van der Waals surface area (Å²) in [4.78, 5) is 23.8. The molecule has 0 amide bonds. The maximum atomic E-state index is 10.8. The lowest BCUT2D eigenvalue weighted by molar-refractivity contribution is -0.136. The van der Waals surface area contributed by atoms with E-state index in [0.29, 0.717) is 24.2 Å². The molecule has 0 atom stereocenters. The van der Waals surface area contributed by atoms with Crippen LogP contribution in [-0.2, 0) is 9.53 Å². The van der Waals surface area contributed by atoms with Gasteiger partial charge in [-0.15, -0.1) is 0 Å². The number of carbonyl (C=O) groups excluding carboxylic acids is 2. The average Bonchev–Trinajstić information content (AvgIpc) is 2.63. The number of H-pyrrole nitrogens is 1. The van der Waals surface area contributed by atoms with Crippen LogP contribution in [0.25, 0.3) is 0 Å². The number of rotatable bonds is 2. The number of esters is 1. The summed E-state index contributed by atoms with van der Waals surface area (Å²) < 4.78 is 4.60. The number of aromatic amines is 1. The van der Waals surface area contributed by atoms with Gasteiger partial charge in [0.1, 0.15) is 0 Å².